The van der Waals surface area contributed by atoms with Crippen LogP contribution in [0.15, 0.2) is 35.2 Å². The average Bonchev–Trinajstić information content (AvgIpc) is 2.82. The van der Waals surface area contributed by atoms with Gasteiger partial charge in [-0.3, -0.25) is 4.90 Å². The Kier molecular flexibility index (Phi) is 4.65. The molecule has 1 unspecified atom stereocenters. The van der Waals surface area contributed by atoms with E-state index in [-0.39, 0.29) is 10.9 Å². The molecule has 0 saturated carbocycles. The van der Waals surface area contributed by atoms with E-state index in [1.54, 1.807) is 25.2 Å². The van der Waals surface area contributed by atoms with E-state index in [0.29, 0.717) is 13.0 Å². The quantitative estimate of drug-likeness (QED) is 0.757. The zero-order chi connectivity index (χ0) is 15.6. The van der Waals surface area contributed by atoms with Gasteiger partial charge in [-0.1, -0.05) is 18.2 Å². The predicted octanol–water partition coefficient (Wildman–Crippen LogP) is 0.553. The Morgan fingerprint density at radius 2 is 1.90 bits per heavy atom. The van der Waals surface area contributed by atoms with Gasteiger partial charge < -0.3 is 9.08 Å². The van der Waals surface area contributed by atoms with Crippen molar-refractivity contribution in [3.63, 3.8) is 0 Å². The van der Waals surface area contributed by atoms with Gasteiger partial charge in [0.2, 0.25) is 0 Å². The molecule has 0 bridgehead atoms. The zero-order valence-corrected chi connectivity index (χ0v) is 13.2. The molecule has 0 aliphatic carbocycles. The highest BCUT2D eigenvalue weighted by atomic mass is 32.2. The first kappa shape index (κ1) is 15.9. The Hall–Kier alpha value is -1.44. The van der Waals surface area contributed by atoms with Crippen molar-refractivity contribution < 1.29 is 17.4 Å². The van der Waals surface area contributed by atoms with E-state index in [1.165, 1.54) is 12.1 Å². The first-order valence-corrected chi connectivity index (χ1v) is 8.12. The van der Waals surface area contributed by atoms with Gasteiger partial charge in [0.15, 0.2) is 0 Å². The normalized spacial score (nSPS) is 23.4. The summed E-state index contributed by atoms with van der Waals surface area (Å²) in [5.41, 5.74) is 0. The third-order valence-electron chi connectivity index (χ3n) is 3.75. The Morgan fingerprint density at radius 3 is 2.43 bits per heavy atom. The van der Waals surface area contributed by atoms with Crippen molar-refractivity contribution in [2.75, 3.05) is 27.7 Å². The number of carbonyl (C=O) groups excluding carboxylic acids is 1. The molecule has 116 valence electrons. The molecule has 0 amide bonds. The summed E-state index contributed by atoms with van der Waals surface area (Å²) in [6, 6.07) is 7.37. The van der Waals surface area contributed by atoms with Crippen LogP contribution in [-0.4, -0.2) is 64.0 Å². The van der Waals surface area contributed by atoms with Crippen molar-refractivity contribution in [3.05, 3.63) is 30.3 Å². The summed E-state index contributed by atoms with van der Waals surface area (Å²) in [7, 11) is 1.62. The van der Waals surface area contributed by atoms with Gasteiger partial charge in [-0.05, 0) is 39.7 Å². The molecule has 1 aliphatic heterocycles. The molecule has 1 saturated heterocycles. The van der Waals surface area contributed by atoms with Gasteiger partial charge in [0.05, 0.1) is 0 Å². The fourth-order valence-corrected chi connectivity index (χ4v) is 3.34. The van der Waals surface area contributed by atoms with Crippen LogP contribution in [0.3, 0.4) is 0 Å². The monoisotopic (exact) mass is 312 g/mol. The molecule has 1 aromatic carbocycles. The molecule has 6 nitrogen and oxygen atoms in total. The summed E-state index contributed by atoms with van der Waals surface area (Å²) in [6.07, 6.45) is 0.562. The van der Waals surface area contributed by atoms with Crippen molar-refractivity contribution in [3.8, 4) is 0 Å². The van der Waals surface area contributed by atoms with Gasteiger partial charge in [0.25, 0.3) is 0 Å². The van der Waals surface area contributed by atoms with Gasteiger partial charge in [-0.25, -0.2) is 4.79 Å². The van der Waals surface area contributed by atoms with E-state index < -0.39 is 22.1 Å². The molecule has 2 rings (SSSR count). The fourth-order valence-electron chi connectivity index (χ4n) is 2.42. The van der Waals surface area contributed by atoms with E-state index in [9.17, 15) is 13.2 Å². The lowest BCUT2D eigenvalue weighted by molar-refractivity contribution is -0.138. The second-order valence-corrected chi connectivity index (χ2v) is 7.02. The first-order chi connectivity index (χ1) is 9.81. The molecule has 1 aliphatic rings. The van der Waals surface area contributed by atoms with Crippen LogP contribution in [0.5, 0.6) is 0 Å². The molecular weight excluding hydrogens is 292 g/mol. The number of likely N-dealkylation sites (N-methyl/N-ethyl adjacent to an activating group) is 2. The summed E-state index contributed by atoms with van der Waals surface area (Å²) in [5.74, 6) is -0.717. The highest BCUT2D eigenvalue weighted by molar-refractivity contribution is 7.87. The third-order valence-corrected chi connectivity index (χ3v) is 4.99. The predicted molar refractivity (Wildman–Crippen MR) is 78.2 cm³/mol. The fraction of sp³-hybridized carbons (Fsp3) is 0.500. The second kappa shape index (κ2) is 6.13. The van der Waals surface area contributed by atoms with Gasteiger partial charge in [-0.2, -0.15) is 8.42 Å². The first-order valence-electron chi connectivity index (χ1n) is 6.71. The van der Waals surface area contributed by atoms with Crippen molar-refractivity contribution >= 4 is 16.1 Å². The van der Waals surface area contributed by atoms with Crippen LogP contribution < -0.4 is 0 Å². The molecule has 0 spiro atoms. The highest BCUT2D eigenvalue weighted by Gasteiger charge is 2.38. The lowest BCUT2D eigenvalue weighted by Crippen LogP contribution is -2.35. The van der Waals surface area contributed by atoms with Crippen molar-refractivity contribution in [2.24, 2.45) is 0 Å². The lowest BCUT2D eigenvalue weighted by Gasteiger charge is -2.17. The van der Waals surface area contributed by atoms with E-state index in [1.807, 2.05) is 23.9 Å². The van der Waals surface area contributed by atoms with E-state index >= 15 is 0 Å². The zero-order valence-electron chi connectivity index (χ0n) is 12.4. The molecule has 1 heterocycles. The largest absolute Gasteiger partial charge is 0.341 e. The number of benzene rings is 1. The van der Waals surface area contributed by atoms with Gasteiger partial charge >= 0.3 is 16.1 Å². The number of carbonyl (C=O) groups is 1. The number of nitrogens with zero attached hydrogens (tertiary/aromatic N) is 2. The Bertz CT molecular complexity index is 601. The topological polar surface area (TPSA) is 66.9 Å². The summed E-state index contributed by atoms with van der Waals surface area (Å²) in [5, 5.41) is 0. The standard InChI is InChI=1S/C14H20N2O4S/c1-15(2)11-9-13(16(3)10-11)14(17)20-21(18,19)12-7-5-4-6-8-12/h4-8,11,13H,9-10H2,1-3H3/t11?,13-/m0/s1. The van der Waals surface area contributed by atoms with Crippen LogP contribution in [0.4, 0.5) is 0 Å². The average molecular weight is 312 g/mol. The van der Waals surface area contributed by atoms with Crippen molar-refractivity contribution in [1.82, 2.24) is 9.80 Å². The third kappa shape index (κ3) is 3.61. The maximum Gasteiger partial charge on any atom is 0.341 e. The number of hydrogen-bond acceptors (Lipinski definition) is 6. The maximum absolute atomic E-state index is 12.2. The van der Waals surface area contributed by atoms with Crippen molar-refractivity contribution in [1.29, 1.82) is 0 Å². The maximum atomic E-state index is 12.2. The van der Waals surface area contributed by atoms with Crippen LogP contribution in [0, 0.1) is 0 Å². The molecule has 21 heavy (non-hydrogen) atoms. The molecule has 0 radical (unpaired) electrons. The minimum atomic E-state index is -4.05. The second-order valence-electron chi connectivity index (χ2n) is 5.48. The lowest BCUT2D eigenvalue weighted by atomic mass is 10.1. The van der Waals surface area contributed by atoms with E-state index in [2.05, 4.69) is 0 Å². The van der Waals surface area contributed by atoms with Gasteiger partial charge in [-0.15, -0.1) is 0 Å². The van der Waals surface area contributed by atoms with E-state index in [4.69, 9.17) is 4.18 Å². The van der Waals surface area contributed by atoms with Gasteiger partial charge in [0, 0.05) is 12.6 Å². The highest BCUT2D eigenvalue weighted by Crippen LogP contribution is 2.22. The number of likely N-dealkylation sites (tertiary alicyclic amines) is 1. The van der Waals surface area contributed by atoms with Crippen LogP contribution in [0.1, 0.15) is 6.42 Å². The van der Waals surface area contributed by atoms with Crippen LogP contribution in [0.2, 0.25) is 0 Å². The Morgan fingerprint density at radius 1 is 1.29 bits per heavy atom. The molecule has 7 heteroatoms. The summed E-state index contributed by atoms with van der Waals surface area (Å²) in [4.78, 5) is 16.0. The smallest absolute Gasteiger partial charge is 0.341 e. The van der Waals surface area contributed by atoms with Crippen LogP contribution >= 0.6 is 0 Å². The minimum Gasteiger partial charge on any atom is -0.341 e. The summed E-state index contributed by atoms with van der Waals surface area (Å²) < 4.78 is 28.9. The Balaban J connectivity index is 2.08. The molecule has 0 aromatic heterocycles. The summed E-state index contributed by atoms with van der Waals surface area (Å²) >= 11 is 0. The molecule has 2 atom stereocenters. The molecular formula is C14H20N2O4S. The summed E-state index contributed by atoms with van der Waals surface area (Å²) in [6.45, 7) is 0.706. The van der Waals surface area contributed by atoms with Gasteiger partial charge in [0.1, 0.15) is 10.9 Å². The molecule has 0 N–H and O–H groups in total. The number of hydrogen-bond donors (Lipinski definition) is 0. The van der Waals surface area contributed by atoms with E-state index in [0.717, 1.165) is 0 Å². The van der Waals surface area contributed by atoms with Crippen molar-refractivity contribution in [2.45, 2.75) is 23.4 Å². The Labute approximate surface area is 125 Å². The SMILES string of the molecule is CN(C)C1C[C@@H](C(=O)OS(=O)(=O)c2ccccc2)N(C)C1. The molecule has 1 fully saturated rings. The van der Waals surface area contributed by atoms with Crippen LogP contribution in [-0.2, 0) is 19.1 Å². The minimum absolute atomic E-state index is 0.0110. The number of rotatable bonds is 4. The molecule has 1 aromatic rings. The van der Waals surface area contributed by atoms with Crippen LogP contribution in [0.25, 0.3) is 0 Å².